The number of halogens is 3. The number of nitrogens with two attached hydrogens (primary N) is 1. The van der Waals surface area contributed by atoms with E-state index in [1.54, 1.807) is 0 Å². The molecule has 1 aromatic rings. The molecule has 22 heavy (non-hydrogen) atoms. The lowest BCUT2D eigenvalue weighted by Gasteiger charge is -2.08. The molecule has 0 aliphatic heterocycles. The number of amides is 1. The van der Waals surface area contributed by atoms with Crippen molar-refractivity contribution in [3.05, 3.63) is 29.8 Å². The zero-order chi connectivity index (χ0) is 16.8. The highest BCUT2D eigenvalue weighted by Crippen LogP contribution is 2.14. The van der Waals surface area contributed by atoms with E-state index in [2.05, 4.69) is 10.1 Å². The molecule has 3 N–H and O–H groups in total. The fourth-order valence-electron chi connectivity index (χ4n) is 1.50. The van der Waals surface area contributed by atoms with Crippen molar-refractivity contribution in [2.45, 2.75) is 17.5 Å². The molecule has 0 radical (unpaired) electrons. The number of hydrogen-bond donors (Lipinski definition) is 2. The first kappa shape index (κ1) is 18.4. The van der Waals surface area contributed by atoms with Crippen LogP contribution in [0.5, 0.6) is 0 Å². The molecular formula is C12H15F3N2O4S. The maximum atomic E-state index is 11.8. The zero-order valence-electron chi connectivity index (χ0n) is 11.4. The lowest BCUT2D eigenvalue weighted by Crippen LogP contribution is -2.31. The highest BCUT2D eigenvalue weighted by Gasteiger charge is 2.27. The van der Waals surface area contributed by atoms with E-state index in [1.165, 1.54) is 24.3 Å². The van der Waals surface area contributed by atoms with E-state index in [0.717, 1.165) is 5.56 Å². The predicted octanol–water partition coefficient (Wildman–Crippen LogP) is 0.572. The monoisotopic (exact) mass is 340 g/mol. The van der Waals surface area contributed by atoms with Crippen molar-refractivity contribution >= 4 is 15.9 Å². The molecule has 0 saturated carbocycles. The first-order valence-corrected chi connectivity index (χ1v) is 7.65. The van der Waals surface area contributed by atoms with Crippen LogP contribution in [-0.2, 0) is 26.0 Å². The first-order chi connectivity index (χ1) is 10.1. The third-order valence-corrected chi connectivity index (χ3v) is 3.42. The molecule has 1 amide bonds. The maximum Gasteiger partial charge on any atom is 0.411 e. The van der Waals surface area contributed by atoms with Gasteiger partial charge in [0.1, 0.15) is 13.2 Å². The van der Waals surface area contributed by atoms with Gasteiger partial charge >= 0.3 is 6.18 Å². The summed E-state index contributed by atoms with van der Waals surface area (Å²) in [5.74, 6) is -0.662. The second-order valence-electron chi connectivity index (χ2n) is 4.40. The van der Waals surface area contributed by atoms with E-state index in [9.17, 15) is 26.4 Å². The molecule has 0 heterocycles. The predicted molar refractivity (Wildman–Crippen MR) is 71.4 cm³/mol. The number of sulfonamides is 1. The lowest BCUT2D eigenvalue weighted by atomic mass is 10.1. The van der Waals surface area contributed by atoms with E-state index < -0.39 is 35.3 Å². The minimum atomic E-state index is -4.47. The molecule has 1 aromatic carbocycles. The molecule has 0 bridgehead atoms. The van der Waals surface area contributed by atoms with Crippen LogP contribution >= 0.6 is 0 Å². The molecule has 0 aliphatic rings. The minimum Gasteiger partial charge on any atom is -0.362 e. The van der Waals surface area contributed by atoms with Crippen LogP contribution in [0.25, 0.3) is 0 Å². The van der Waals surface area contributed by atoms with Crippen molar-refractivity contribution in [3.63, 3.8) is 0 Å². The molecular weight excluding hydrogens is 325 g/mol. The standard InChI is InChI=1S/C12H15F3N2O4S/c13-12(14,15)8-21-7-11(18)17-6-5-9-1-3-10(4-2-9)22(16,19)20/h1-4H,5-8H2,(H,17,18)(H2,16,19,20). The van der Waals surface area contributed by atoms with Crippen molar-refractivity contribution in [2.75, 3.05) is 19.8 Å². The molecule has 0 spiro atoms. The Morgan fingerprint density at radius 1 is 1.23 bits per heavy atom. The van der Waals surface area contributed by atoms with Crippen LogP contribution in [0.2, 0.25) is 0 Å². The molecule has 1 rings (SSSR count). The van der Waals surface area contributed by atoms with Gasteiger partial charge in [-0.05, 0) is 24.1 Å². The number of ether oxygens (including phenoxy) is 1. The summed E-state index contributed by atoms with van der Waals surface area (Å²) in [6.07, 6.45) is -4.08. The Balaban J connectivity index is 2.31. The number of rotatable bonds is 7. The molecule has 0 fully saturated rings. The average Bonchev–Trinajstić information content (AvgIpc) is 2.36. The number of benzene rings is 1. The van der Waals surface area contributed by atoms with Gasteiger partial charge in [-0.3, -0.25) is 4.79 Å². The van der Waals surface area contributed by atoms with Crippen molar-refractivity contribution in [2.24, 2.45) is 5.14 Å². The summed E-state index contributed by atoms with van der Waals surface area (Å²) in [7, 11) is -3.75. The average molecular weight is 340 g/mol. The normalized spacial score (nSPS) is 12.2. The summed E-state index contributed by atoms with van der Waals surface area (Å²) in [5.41, 5.74) is 0.740. The van der Waals surface area contributed by atoms with Crippen molar-refractivity contribution < 1.29 is 31.1 Å². The minimum absolute atomic E-state index is 0.0270. The van der Waals surface area contributed by atoms with Crippen LogP contribution in [0.3, 0.4) is 0 Å². The van der Waals surface area contributed by atoms with Crippen LogP contribution in [0.1, 0.15) is 5.56 Å². The van der Waals surface area contributed by atoms with E-state index in [4.69, 9.17) is 5.14 Å². The van der Waals surface area contributed by atoms with Gasteiger partial charge in [0, 0.05) is 6.54 Å². The van der Waals surface area contributed by atoms with Gasteiger partial charge in [0.15, 0.2) is 0 Å². The van der Waals surface area contributed by atoms with Crippen LogP contribution in [0.4, 0.5) is 13.2 Å². The summed E-state index contributed by atoms with van der Waals surface area (Å²) in [6.45, 7) is -1.97. The molecule has 0 unspecified atom stereocenters. The summed E-state index contributed by atoms with van der Waals surface area (Å²) in [5, 5.41) is 7.33. The Labute approximate surface area is 125 Å². The summed E-state index contributed by atoms with van der Waals surface area (Å²) >= 11 is 0. The fraction of sp³-hybridized carbons (Fsp3) is 0.417. The van der Waals surface area contributed by atoms with Gasteiger partial charge in [-0.1, -0.05) is 12.1 Å². The topological polar surface area (TPSA) is 98.5 Å². The third kappa shape index (κ3) is 7.38. The quantitative estimate of drug-likeness (QED) is 0.758. The summed E-state index contributed by atoms with van der Waals surface area (Å²) in [6, 6.07) is 5.73. The Morgan fingerprint density at radius 3 is 2.32 bits per heavy atom. The number of alkyl halides is 3. The number of carbonyl (C=O) groups excluding carboxylic acids is 1. The zero-order valence-corrected chi connectivity index (χ0v) is 12.2. The van der Waals surface area contributed by atoms with E-state index in [-0.39, 0.29) is 11.4 Å². The van der Waals surface area contributed by atoms with Gasteiger partial charge in [-0.15, -0.1) is 0 Å². The second kappa shape index (κ2) is 7.56. The number of carbonyl (C=O) groups is 1. The first-order valence-electron chi connectivity index (χ1n) is 6.11. The smallest absolute Gasteiger partial charge is 0.362 e. The Bertz CT molecular complexity index is 600. The fourth-order valence-corrected chi connectivity index (χ4v) is 2.02. The Kier molecular flexibility index (Phi) is 6.33. The van der Waals surface area contributed by atoms with Gasteiger partial charge in [0.25, 0.3) is 0 Å². The molecule has 0 atom stereocenters. The Morgan fingerprint density at radius 2 is 1.82 bits per heavy atom. The van der Waals surface area contributed by atoms with Crippen LogP contribution in [-0.4, -0.2) is 40.3 Å². The molecule has 0 aromatic heterocycles. The largest absolute Gasteiger partial charge is 0.411 e. The summed E-state index contributed by atoms with van der Waals surface area (Å²) in [4.78, 5) is 11.2. The molecule has 6 nitrogen and oxygen atoms in total. The van der Waals surface area contributed by atoms with Gasteiger partial charge in [0.2, 0.25) is 15.9 Å². The summed E-state index contributed by atoms with van der Waals surface area (Å²) < 4.78 is 61.7. The van der Waals surface area contributed by atoms with Crippen molar-refractivity contribution in [1.82, 2.24) is 5.32 Å². The van der Waals surface area contributed by atoms with E-state index in [1.807, 2.05) is 0 Å². The van der Waals surface area contributed by atoms with Crippen LogP contribution in [0, 0.1) is 0 Å². The molecule has 10 heteroatoms. The van der Waals surface area contributed by atoms with Crippen molar-refractivity contribution in [3.8, 4) is 0 Å². The number of primary sulfonamides is 1. The van der Waals surface area contributed by atoms with Crippen LogP contribution in [0.15, 0.2) is 29.2 Å². The highest BCUT2D eigenvalue weighted by atomic mass is 32.2. The number of nitrogens with one attached hydrogen (secondary N) is 1. The maximum absolute atomic E-state index is 11.8. The van der Waals surface area contributed by atoms with Crippen molar-refractivity contribution in [1.29, 1.82) is 0 Å². The van der Waals surface area contributed by atoms with Gasteiger partial charge < -0.3 is 10.1 Å². The SMILES string of the molecule is NS(=O)(=O)c1ccc(CCNC(=O)COCC(F)(F)F)cc1. The van der Waals surface area contributed by atoms with E-state index >= 15 is 0 Å². The molecule has 124 valence electrons. The third-order valence-electron chi connectivity index (χ3n) is 2.49. The number of hydrogen-bond acceptors (Lipinski definition) is 4. The van der Waals surface area contributed by atoms with Gasteiger partial charge in [0.05, 0.1) is 4.90 Å². The lowest BCUT2D eigenvalue weighted by molar-refractivity contribution is -0.175. The van der Waals surface area contributed by atoms with Gasteiger partial charge in [-0.25, -0.2) is 13.6 Å². The van der Waals surface area contributed by atoms with Crippen LogP contribution < -0.4 is 10.5 Å². The second-order valence-corrected chi connectivity index (χ2v) is 5.96. The molecule has 0 saturated heterocycles. The Hall–Kier alpha value is -1.65. The van der Waals surface area contributed by atoms with Gasteiger partial charge in [-0.2, -0.15) is 13.2 Å². The molecule has 0 aliphatic carbocycles. The highest BCUT2D eigenvalue weighted by molar-refractivity contribution is 7.89. The van der Waals surface area contributed by atoms with E-state index in [0.29, 0.717) is 6.42 Å².